The fourth-order valence-corrected chi connectivity index (χ4v) is 2.10. The van der Waals surface area contributed by atoms with Crippen LogP contribution in [0.3, 0.4) is 0 Å². The van der Waals surface area contributed by atoms with E-state index in [0.29, 0.717) is 13.0 Å². The van der Waals surface area contributed by atoms with Gasteiger partial charge in [-0.05, 0) is 56.9 Å². The highest BCUT2D eigenvalue weighted by Crippen LogP contribution is 2.27. The first kappa shape index (κ1) is 14.0. The monoisotopic (exact) mass is 254 g/mol. The maximum absolute atomic E-state index is 10.8. The Hall–Kier alpha value is -1.02. The number of hydrogen-bond acceptors (Lipinski definition) is 2. The Balaban J connectivity index is 2.44. The summed E-state index contributed by atoms with van der Waals surface area (Å²) >= 11 is 5.95. The summed E-state index contributed by atoms with van der Waals surface area (Å²) in [7, 11) is 0. The van der Waals surface area contributed by atoms with Crippen LogP contribution >= 0.6 is 11.6 Å². The molecule has 0 saturated carbocycles. The van der Waals surface area contributed by atoms with Crippen molar-refractivity contribution in [3.63, 3.8) is 0 Å². The fourth-order valence-electron chi connectivity index (χ4n) is 1.78. The maximum atomic E-state index is 10.8. The molecule has 0 saturated heterocycles. The highest BCUT2D eigenvalue weighted by Gasteiger charge is 2.05. The van der Waals surface area contributed by atoms with Crippen LogP contribution in [0.4, 0.5) is 0 Å². The third-order valence-corrected chi connectivity index (χ3v) is 2.81. The van der Waals surface area contributed by atoms with Gasteiger partial charge >= 0.3 is 0 Å². The molecule has 0 aliphatic heterocycles. The average Bonchev–Trinajstić information content (AvgIpc) is 2.20. The van der Waals surface area contributed by atoms with Crippen LogP contribution < -0.4 is 4.74 Å². The SMILES string of the molecule is CC(=O)CCCCOc1c(C)cc(Cl)cc1C. The summed E-state index contributed by atoms with van der Waals surface area (Å²) in [6, 6.07) is 3.80. The number of ketones is 1. The molecular formula is C14H19ClO2. The van der Waals surface area contributed by atoms with Crippen molar-refractivity contribution < 1.29 is 9.53 Å². The molecule has 1 aromatic carbocycles. The smallest absolute Gasteiger partial charge is 0.129 e. The van der Waals surface area contributed by atoms with Gasteiger partial charge in [0.25, 0.3) is 0 Å². The maximum Gasteiger partial charge on any atom is 0.129 e. The lowest BCUT2D eigenvalue weighted by atomic mass is 10.1. The van der Waals surface area contributed by atoms with E-state index in [1.54, 1.807) is 6.92 Å². The first-order valence-corrected chi connectivity index (χ1v) is 6.27. The topological polar surface area (TPSA) is 26.3 Å². The molecule has 1 rings (SSSR count). The number of halogens is 1. The zero-order valence-corrected chi connectivity index (χ0v) is 11.4. The summed E-state index contributed by atoms with van der Waals surface area (Å²) in [4.78, 5) is 10.8. The number of carbonyl (C=O) groups is 1. The van der Waals surface area contributed by atoms with E-state index in [9.17, 15) is 4.79 Å². The molecule has 0 aliphatic rings. The van der Waals surface area contributed by atoms with Crippen LogP contribution in [0.1, 0.15) is 37.3 Å². The summed E-state index contributed by atoms with van der Waals surface area (Å²) in [5, 5.41) is 0.740. The number of benzene rings is 1. The fraction of sp³-hybridized carbons (Fsp3) is 0.500. The van der Waals surface area contributed by atoms with E-state index in [2.05, 4.69) is 0 Å². The van der Waals surface area contributed by atoms with E-state index in [-0.39, 0.29) is 5.78 Å². The highest BCUT2D eigenvalue weighted by atomic mass is 35.5. The molecule has 94 valence electrons. The molecule has 0 bridgehead atoms. The van der Waals surface area contributed by atoms with Gasteiger partial charge in [-0.2, -0.15) is 0 Å². The van der Waals surface area contributed by atoms with Crippen molar-refractivity contribution >= 4 is 17.4 Å². The molecule has 0 aliphatic carbocycles. The van der Waals surface area contributed by atoms with Gasteiger partial charge in [0, 0.05) is 11.4 Å². The van der Waals surface area contributed by atoms with Crippen LogP contribution in [0.2, 0.25) is 5.02 Å². The Morgan fingerprint density at radius 3 is 2.35 bits per heavy atom. The summed E-state index contributed by atoms with van der Waals surface area (Å²) in [5.41, 5.74) is 2.11. The zero-order valence-electron chi connectivity index (χ0n) is 10.7. The summed E-state index contributed by atoms with van der Waals surface area (Å²) < 4.78 is 5.73. The van der Waals surface area contributed by atoms with E-state index in [4.69, 9.17) is 16.3 Å². The molecule has 0 heterocycles. The third-order valence-electron chi connectivity index (χ3n) is 2.59. The van der Waals surface area contributed by atoms with Crippen molar-refractivity contribution in [1.82, 2.24) is 0 Å². The van der Waals surface area contributed by atoms with Crippen LogP contribution in [0, 0.1) is 13.8 Å². The molecule has 17 heavy (non-hydrogen) atoms. The van der Waals surface area contributed by atoms with Crippen molar-refractivity contribution in [3.8, 4) is 5.75 Å². The van der Waals surface area contributed by atoms with Crippen molar-refractivity contribution in [2.45, 2.75) is 40.0 Å². The molecule has 0 fully saturated rings. The normalized spacial score (nSPS) is 10.4. The minimum absolute atomic E-state index is 0.240. The van der Waals surface area contributed by atoms with Gasteiger partial charge in [0.05, 0.1) is 6.61 Å². The Bertz CT molecular complexity index is 376. The van der Waals surface area contributed by atoms with Gasteiger partial charge in [0.1, 0.15) is 11.5 Å². The Morgan fingerprint density at radius 1 is 1.24 bits per heavy atom. The average molecular weight is 255 g/mol. The van der Waals surface area contributed by atoms with E-state index < -0.39 is 0 Å². The number of aryl methyl sites for hydroxylation is 2. The molecule has 3 heteroatoms. The molecule has 2 nitrogen and oxygen atoms in total. The molecule has 0 amide bonds. The predicted molar refractivity (Wildman–Crippen MR) is 71.0 cm³/mol. The zero-order chi connectivity index (χ0) is 12.8. The van der Waals surface area contributed by atoms with Crippen LogP contribution in [0.25, 0.3) is 0 Å². The number of unbranched alkanes of at least 4 members (excludes halogenated alkanes) is 1. The molecule has 0 N–H and O–H groups in total. The van der Waals surface area contributed by atoms with Gasteiger partial charge < -0.3 is 9.53 Å². The van der Waals surface area contributed by atoms with Gasteiger partial charge in [0.15, 0.2) is 0 Å². The second-order valence-corrected chi connectivity index (χ2v) is 4.81. The van der Waals surface area contributed by atoms with Crippen LogP contribution in [-0.4, -0.2) is 12.4 Å². The number of hydrogen-bond donors (Lipinski definition) is 0. The molecule has 0 atom stereocenters. The van der Waals surface area contributed by atoms with Gasteiger partial charge in [-0.25, -0.2) is 0 Å². The Labute approximate surface area is 108 Å². The molecular weight excluding hydrogens is 236 g/mol. The lowest BCUT2D eigenvalue weighted by molar-refractivity contribution is -0.117. The summed E-state index contributed by atoms with van der Waals surface area (Å²) in [5.74, 6) is 1.15. The molecule has 0 aromatic heterocycles. The largest absolute Gasteiger partial charge is 0.493 e. The number of Topliss-reactive ketones (excluding diaryl/α,β-unsaturated/α-hetero) is 1. The molecule has 0 spiro atoms. The van der Waals surface area contributed by atoms with Gasteiger partial charge in [0.2, 0.25) is 0 Å². The van der Waals surface area contributed by atoms with Crippen molar-refractivity contribution in [1.29, 1.82) is 0 Å². The number of rotatable bonds is 6. The Kier molecular flexibility index (Phi) is 5.49. The standard InChI is InChI=1S/C14H19ClO2/c1-10-8-13(15)9-11(2)14(10)17-7-5-4-6-12(3)16/h8-9H,4-7H2,1-3H3. The second-order valence-electron chi connectivity index (χ2n) is 4.38. The summed E-state index contributed by atoms with van der Waals surface area (Å²) in [6.07, 6.45) is 2.43. The van der Waals surface area contributed by atoms with Crippen LogP contribution in [0.15, 0.2) is 12.1 Å². The highest BCUT2D eigenvalue weighted by molar-refractivity contribution is 6.30. The van der Waals surface area contributed by atoms with Gasteiger partial charge in [-0.1, -0.05) is 11.6 Å². The van der Waals surface area contributed by atoms with Crippen molar-refractivity contribution in [2.24, 2.45) is 0 Å². The lowest BCUT2D eigenvalue weighted by Gasteiger charge is -2.12. The minimum atomic E-state index is 0.240. The minimum Gasteiger partial charge on any atom is -0.493 e. The van der Waals surface area contributed by atoms with Crippen LogP contribution in [0.5, 0.6) is 5.75 Å². The Morgan fingerprint density at radius 2 is 1.82 bits per heavy atom. The van der Waals surface area contributed by atoms with Gasteiger partial charge in [-0.15, -0.1) is 0 Å². The third kappa shape index (κ3) is 4.78. The summed E-state index contributed by atoms with van der Waals surface area (Å²) in [6.45, 7) is 6.25. The second kappa shape index (κ2) is 6.65. The molecule has 1 aromatic rings. The van der Waals surface area contributed by atoms with E-state index in [0.717, 1.165) is 34.7 Å². The van der Waals surface area contributed by atoms with E-state index >= 15 is 0 Å². The first-order chi connectivity index (χ1) is 8.00. The van der Waals surface area contributed by atoms with Crippen molar-refractivity contribution in [2.75, 3.05) is 6.61 Å². The molecule has 0 radical (unpaired) electrons. The van der Waals surface area contributed by atoms with Gasteiger partial charge in [-0.3, -0.25) is 0 Å². The van der Waals surface area contributed by atoms with E-state index in [1.807, 2.05) is 26.0 Å². The molecule has 0 unspecified atom stereocenters. The predicted octanol–water partition coefficient (Wildman–Crippen LogP) is 4.09. The number of carbonyl (C=O) groups excluding carboxylic acids is 1. The lowest BCUT2D eigenvalue weighted by Crippen LogP contribution is -2.01. The number of ether oxygens (including phenoxy) is 1. The first-order valence-electron chi connectivity index (χ1n) is 5.89. The van der Waals surface area contributed by atoms with E-state index in [1.165, 1.54) is 0 Å². The quantitative estimate of drug-likeness (QED) is 0.715. The van der Waals surface area contributed by atoms with Crippen molar-refractivity contribution in [3.05, 3.63) is 28.3 Å². The van der Waals surface area contributed by atoms with Crippen LogP contribution in [-0.2, 0) is 4.79 Å².